The maximum atomic E-state index is 13.0. The van der Waals surface area contributed by atoms with Crippen molar-refractivity contribution in [1.29, 1.82) is 0 Å². The number of Topliss-reactive ketones (excluding diaryl/α,β-unsaturated/α-hetero) is 1. The highest BCUT2D eigenvalue weighted by atomic mass is 35.5. The lowest BCUT2D eigenvalue weighted by atomic mass is 9.77. The third-order valence-electron chi connectivity index (χ3n) is 4.21. The lowest BCUT2D eigenvalue weighted by molar-refractivity contribution is -0.117. The Balaban J connectivity index is 2.19. The number of ether oxygens (including phenoxy) is 2. The minimum Gasteiger partial charge on any atom is -0.495 e. The van der Waals surface area contributed by atoms with Crippen molar-refractivity contribution in [3.05, 3.63) is 33.7 Å². The Kier molecular flexibility index (Phi) is 3.73. The van der Waals surface area contributed by atoms with E-state index in [0.717, 1.165) is 0 Å². The molecule has 6 heteroatoms. The van der Waals surface area contributed by atoms with Crippen molar-refractivity contribution in [3.63, 3.8) is 0 Å². The minimum absolute atomic E-state index is 0.0125. The normalized spacial score (nSPS) is 26.7. The van der Waals surface area contributed by atoms with Crippen LogP contribution in [0.15, 0.2) is 23.1 Å². The highest BCUT2D eigenvalue weighted by molar-refractivity contribution is 8.02. The van der Waals surface area contributed by atoms with Crippen molar-refractivity contribution < 1.29 is 19.1 Å². The second-order valence-electron chi connectivity index (χ2n) is 5.41. The van der Waals surface area contributed by atoms with Crippen LogP contribution in [0, 0.1) is 5.92 Å². The molecule has 1 spiro atoms. The van der Waals surface area contributed by atoms with E-state index in [1.165, 1.54) is 24.9 Å². The first kappa shape index (κ1) is 15.4. The SMILES string of the molecule is COc1ccc2c(c1Cl)O[C@]1(C2=O)C(SC)=CC(=O)C[C@H]1C. The van der Waals surface area contributed by atoms with Gasteiger partial charge in [-0.2, -0.15) is 0 Å². The van der Waals surface area contributed by atoms with Crippen molar-refractivity contribution in [2.24, 2.45) is 5.92 Å². The summed E-state index contributed by atoms with van der Waals surface area (Å²) in [5, 5.41) is 0.287. The summed E-state index contributed by atoms with van der Waals surface area (Å²) in [6, 6.07) is 3.32. The van der Waals surface area contributed by atoms with Gasteiger partial charge in [0.2, 0.25) is 11.4 Å². The molecule has 0 aromatic heterocycles. The second-order valence-corrected chi connectivity index (χ2v) is 6.64. The Hall–Kier alpha value is -1.46. The highest BCUT2D eigenvalue weighted by Gasteiger charge is 2.57. The van der Waals surface area contributed by atoms with Crippen molar-refractivity contribution in [3.8, 4) is 11.5 Å². The van der Waals surface area contributed by atoms with Crippen LogP contribution in [0.2, 0.25) is 5.02 Å². The number of carbonyl (C=O) groups excluding carboxylic acids is 2. The Morgan fingerprint density at radius 3 is 2.77 bits per heavy atom. The van der Waals surface area contributed by atoms with E-state index in [2.05, 4.69) is 0 Å². The average Bonchev–Trinajstić information content (AvgIpc) is 2.79. The van der Waals surface area contributed by atoms with Gasteiger partial charge in [0, 0.05) is 17.2 Å². The Labute approximate surface area is 137 Å². The van der Waals surface area contributed by atoms with E-state index in [1.54, 1.807) is 12.1 Å². The van der Waals surface area contributed by atoms with Gasteiger partial charge in [-0.15, -0.1) is 11.8 Å². The van der Waals surface area contributed by atoms with Gasteiger partial charge in [0.25, 0.3) is 0 Å². The zero-order chi connectivity index (χ0) is 16.1. The van der Waals surface area contributed by atoms with Crippen LogP contribution in [0.4, 0.5) is 0 Å². The maximum absolute atomic E-state index is 13.0. The summed E-state index contributed by atoms with van der Waals surface area (Å²) in [6.45, 7) is 1.86. The first-order valence-corrected chi connectivity index (χ1v) is 8.45. The Morgan fingerprint density at radius 2 is 2.14 bits per heavy atom. The third-order valence-corrected chi connectivity index (χ3v) is 5.42. The van der Waals surface area contributed by atoms with E-state index >= 15 is 0 Å². The van der Waals surface area contributed by atoms with Gasteiger partial charge in [0.15, 0.2) is 11.5 Å². The fourth-order valence-corrected chi connectivity index (χ4v) is 4.25. The van der Waals surface area contributed by atoms with Gasteiger partial charge in [-0.25, -0.2) is 0 Å². The van der Waals surface area contributed by atoms with Gasteiger partial charge in [0.05, 0.1) is 12.7 Å². The molecule has 2 atom stereocenters. The van der Waals surface area contributed by atoms with Crippen LogP contribution in [0.5, 0.6) is 11.5 Å². The summed E-state index contributed by atoms with van der Waals surface area (Å²) in [4.78, 5) is 25.5. The molecular formula is C16H15ClO4S. The number of rotatable bonds is 2. The second kappa shape index (κ2) is 5.32. The van der Waals surface area contributed by atoms with Crippen LogP contribution in [-0.2, 0) is 4.79 Å². The summed E-state index contributed by atoms with van der Waals surface area (Å²) in [5.74, 6) is 0.409. The fraction of sp³-hybridized carbons (Fsp3) is 0.375. The fourth-order valence-electron chi connectivity index (χ4n) is 3.08. The number of hydrogen-bond acceptors (Lipinski definition) is 5. The molecule has 0 radical (unpaired) electrons. The van der Waals surface area contributed by atoms with Crippen LogP contribution >= 0.6 is 23.4 Å². The number of fused-ring (bicyclic) bond motifs is 1. The van der Waals surface area contributed by atoms with Gasteiger partial charge < -0.3 is 9.47 Å². The van der Waals surface area contributed by atoms with E-state index in [-0.39, 0.29) is 28.9 Å². The van der Waals surface area contributed by atoms with E-state index < -0.39 is 5.60 Å². The molecule has 0 amide bonds. The number of carbonyl (C=O) groups is 2. The lowest BCUT2D eigenvalue weighted by Gasteiger charge is -2.37. The molecular weight excluding hydrogens is 324 g/mol. The van der Waals surface area contributed by atoms with Gasteiger partial charge >= 0.3 is 0 Å². The zero-order valence-electron chi connectivity index (χ0n) is 12.4. The number of methoxy groups -OCH3 is 1. The molecule has 0 saturated heterocycles. The smallest absolute Gasteiger partial charge is 0.215 e. The zero-order valence-corrected chi connectivity index (χ0v) is 14.0. The molecule has 1 heterocycles. The average molecular weight is 339 g/mol. The quantitative estimate of drug-likeness (QED) is 0.825. The number of halogens is 1. The van der Waals surface area contributed by atoms with Gasteiger partial charge in [-0.3, -0.25) is 9.59 Å². The standard InChI is InChI=1S/C16H15ClO4S/c1-8-6-9(18)7-12(22-3)16(8)15(19)10-4-5-11(20-2)13(17)14(10)21-16/h4-5,7-8H,6H2,1-3H3/t8-,16+/m1/s1. The molecule has 4 nitrogen and oxygen atoms in total. The van der Waals surface area contributed by atoms with Crippen LogP contribution in [0.25, 0.3) is 0 Å². The molecule has 0 N–H and O–H groups in total. The summed E-state index contributed by atoms with van der Waals surface area (Å²) < 4.78 is 11.3. The van der Waals surface area contributed by atoms with Crippen molar-refractivity contribution in [2.75, 3.05) is 13.4 Å². The molecule has 0 saturated carbocycles. The predicted molar refractivity (Wildman–Crippen MR) is 86.1 cm³/mol. The molecule has 1 aromatic carbocycles. The molecule has 0 bridgehead atoms. The molecule has 116 valence electrons. The molecule has 0 unspecified atom stereocenters. The largest absolute Gasteiger partial charge is 0.495 e. The van der Waals surface area contributed by atoms with E-state index in [0.29, 0.717) is 22.0 Å². The van der Waals surface area contributed by atoms with Crippen LogP contribution in [-0.4, -0.2) is 30.5 Å². The molecule has 1 aliphatic heterocycles. The van der Waals surface area contributed by atoms with E-state index in [1.807, 2.05) is 13.2 Å². The molecule has 1 aliphatic carbocycles. The Bertz CT molecular complexity index is 712. The molecule has 1 aromatic rings. The first-order chi connectivity index (χ1) is 10.5. The number of thioether (sulfide) groups is 1. The lowest BCUT2D eigenvalue weighted by Crippen LogP contribution is -2.50. The van der Waals surface area contributed by atoms with E-state index in [4.69, 9.17) is 21.1 Å². The first-order valence-electron chi connectivity index (χ1n) is 6.85. The molecule has 3 rings (SSSR count). The number of allylic oxidation sites excluding steroid dienone is 1. The molecule has 0 fully saturated rings. The Morgan fingerprint density at radius 1 is 1.41 bits per heavy atom. The highest BCUT2D eigenvalue weighted by Crippen LogP contribution is 2.52. The van der Waals surface area contributed by atoms with Gasteiger partial charge in [0.1, 0.15) is 10.8 Å². The molecule has 22 heavy (non-hydrogen) atoms. The monoisotopic (exact) mass is 338 g/mol. The maximum Gasteiger partial charge on any atom is 0.215 e. The number of hydrogen-bond donors (Lipinski definition) is 0. The van der Waals surface area contributed by atoms with Crippen molar-refractivity contribution in [1.82, 2.24) is 0 Å². The summed E-state index contributed by atoms with van der Waals surface area (Å²) >= 11 is 7.65. The van der Waals surface area contributed by atoms with E-state index in [9.17, 15) is 9.59 Å². The van der Waals surface area contributed by atoms with Crippen LogP contribution in [0.1, 0.15) is 23.7 Å². The topological polar surface area (TPSA) is 52.6 Å². The van der Waals surface area contributed by atoms with Gasteiger partial charge in [-0.1, -0.05) is 18.5 Å². The minimum atomic E-state index is -1.15. The van der Waals surface area contributed by atoms with Crippen LogP contribution < -0.4 is 9.47 Å². The van der Waals surface area contributed by atoms with Crippen LogP contribution in [0.3, 0.4) is 0 Å². The van der Waals surface area contributed by atoms with Crippen molar-refractivity contribution in [2.45, 2.75) is 18.9 Å². The van der Waals surface area contributed by atoms with Crippen molar-refractivity contribution >= 4 is 34.9 Å². The predicted octanol–water partition coefficient (Wildman–Crippen LogP) is 3.52. The summed E-state index contributed by atoms with van der Waals surface area (Å²) in [7, 11) is 1.51. The molecule has 2 aliphatic rings. The van der Waals surface area contributed by atoms with Gasteiger partial charge in [-0.05, 0) is 24.5 Å². The number of benzene rings is 1. The summed E-state index contributed by atoms with van der Waals surface area (Å²) in [6.07, 6.45) is 3.62. The number of ketones is 2. The third kappa shape index (κ3) is 1.92. The summed E-state index contributed by atoms with van der Waals surface area (Å²) in [5.41, 5.74) is -0.710.